The molecular weight excluding hydrogens is 274 g/mol. The first-order valence-corrected chi connectivity index (χ1v) is 7.56. The van der Waals surface area contributed by atoms with Crippen molar-refractivity contribution < 1.29 is 9.53 Å². The number of carbonyl (C=O) groups is 1. The number of carbonyl (C=O) groups excluding carboxylic acids is 1. The van der Waals surface area contributed by atoms with Gasteiger partial charge in [-0.05, 0) is 37.0 Å². The highest BCUT2D eigenvalue weighted by molar-refractivity contribution is 5.88. The second-order valence-electron chi connectivity index (χ2n) is 6.69. The maximum absolute atomic E-state index is 11.9. The van der Waals surface area contributed by atoms with Crippen LogP contribution in [0.25, 0.3) is 11.3 Å². The summed E-state index contributed by atoms with van der Waals surface area (Å²) in [5, 5.41) is 0. The largest absolute Gasteiger partial charge is 0.458 e. The molecule has 0 amide bonds. The van der Waals surface area contributed by atoms with Crippen LogP contribution < -0.4 is 0 Å². The fraction of sp³-hybridized carbons (Fsp3) is 0.368. The Kier molecular flexibility index (Phi) is 4.65. The number of esters is 1. The van der Waals surface area contributed by atoms with Crippen molar-refractivity contribution in [3.8, 4) is 11.3 Å². The smallest absolute Gasteiger partial charge is 0.357 e. The highest BCUT2D eigenvalue weighted by atomic mass is 16.5. The molecule has 0 N–H and O–H groups in total. The monoisotopic (exact) mass is 297 g/mol. The average molecular weight is 297 g/mol. The van der Waals surface area contributed by atoms with Crippen molar-refractivity contribution in [2.45, 2.75) is 46.1 Å². The molecule has 1 aromatic carbocycles. The van der Waals surface area contributed by atoms with Crippen LogP contribution in [0.1, 0.15) is 50.7 Å². The molecule has 0 aliphatic heterocycles. The lowest BCUT2D eigenvalue weighted by Gasteiger charge is -2.19. The summed E-state index contributed by atoms with van der Waals surface area (Å²) in [4.78, 5) is 16.4. The summed E-state index contributed by atoms with van der Waals surface area (Å²) in [6, 6.07) is 13.7. The second kappa shape index (κ2) is 6.30. The van der Waals surface area contributed by atoms with Gasteiger partial charge in [0.25, 0.3) is 0 Å². The minimum Gasteiger partial charge on any atom is -0.458 e. The fourth-order valence-electron chi connectivity index (χ4n) is 2.12. The standard InChI is InChI=1S/C19H23NO2/c1-13(2)22-18(21)17-8-6-7-16(20-17)14-9-11-15(12-10-14)19(3,4)5/h6-13H,1-5H3. The molecule has 2 aromatic rings. The van der Waals surface area contributed by atoms with E-state index in [1.54, 1.807) is 6.07 Å². The van der Waals surface area contributed by atoms with Crippen molar-refractivity contribution in [2.24, 2.45) is 0 Å². The van der Waals surface area contributed by atoms with Crippen LogP contribution in [0.5, 0.6) is 0 Å². The zero-order chi connectivity index (χ0) is 16.3. The molecule has 1 aromatic heterocycles. The maximum atomic E-state index is 11.9. The summed E-state index contributed by atoms with van der Waals surface area (Å²) >= 11 is 0. The minimum absolute atomic E-state index is 0.120. The van der Waals surface area contributed by atoms with Gasteiger partial charge < -0.3 is 4.74 Å². The molecule has 2 rings (SSSR count). The van der Waals surface area contributed by atoms with E-state index in [0.717, 1.165) is 11.3 Å². The SMILES string of the molecule is CC(C)OC(=O)c1cccc(-c2ccc(C(C)(C)C)cc2)n1. The van der Waals surface area contributed by atoms with Gasteiger partial charge in [-0.3, -0.25) is 0 Å². The van der Waals surface area contributed by atoms with Crippen LogP contribution in [-0.2, 0) is 10.2 Å². The van der Waals surface area contributed by atoms with Crippen LogP contribution in [0, 0.1) is 0 Å². The first kappa shape index (κ1) is 16.2. The molecule has 0 bridgehead atoms. The Morgan fingerprint density at radius 2 is 1.68 bits per heavy atom. The lowest BCUT2D eigenvalue weighted by Crippen LogP contribution is -2.13. The molecule has 0 spiro atoms. The number of nitrogens with zero attached hydrogens (tertiary/aromatic N) is 1. The Labute approximate surface area is 132 Å². The van der Waals surface area contributed by atoms with Gasteiger partial charge in [-0.15, -0.1) is 0 Å². The molecule has 1 heterocycles. The van der Waals surface area contributed by atoms with E-state index < -0.39 is 0 Å². The summed E-state index contributed by atoms with van der Waals surface area (Å²) in [5.74, 6) is -0.386. The van der Waals surface area contributed by atoms with E-state index in [1.165, 1.54) is 5.56 Å². The third kappa shape index (κ3) is 3.94. The van der Waals surface area contributed by atoms with Crippen molar-refractivity contribution in [2.75, 3.05) is 0 Å². The zero-order valence-electron chi connectivity index (χ0n) is 13.9. The molecule has 0 saturated carbocycles. The predicted octanol–water partition coefficient (Wildman–Crippen LogP) is 4.61. The van der Waals surface area contributed by atoms with Gasteiger partial charge in [0.2, 0.25) is 0 Å². The van der Waals surface area contributed by atoms with Gasteiger partial charge in [-0.1, -0.05) is 51.1 Å². The number of benzene rings is 1. The van der Waals surface area contributed by atoms with E-state index in [1.807, 2.05) is 38.1 Å². The lowest BCUT2D eigenvalue weighted by molar-refractivity contribution is 0.0371. The van der Waals surface area contributed by atoms with Crippen molar-refractivity contribution in [3.63, 3.8) is 0 Å². The summed E-state index contributed by atoms with van der Waals surface area (Å²) < 4.78 is 5.19. The van der Waals surface area contributed by atoms with Crippen molar-refractivity contribution in [1.82, 2.24) is 4.98 Å². The Morgan fingerprint density at radius 1 is 1.05 bits per heavy atom. The molecule has 0 fully saturated rings. The second-order valence-corrected chi connectivity index (χ2v) is 6.69. The molecule has 0 radical (unpaired) electrons. The van der Waals surface area contributed by atoms with Gasteiger partial charge in [0.15, 0.2) is 0 Å². The number of hydrogen-bond acceptors (Lipinski definition) is 3. The normalized spacial score (nSPS) is 11.5. The van der Waals surface area contributed by atoms with Gasteiger partial charge in [0.05, 0.1) is 11.8 Å². The third-order valence-electron chi connectivity index (χ3n) is 3.35. The number of hydrogen-bond donors (Lipinski definition) is 0. The maximum Gasteiger partial charge on any atom is 0.357 e. The molecule has 0 saturated heterocycles. The molecule has 0 aliphatic carbocycles. The van der Waals surface area contributed by atoms with E-state index in [9.17, 15) is 4.79 Å². The zero-order valence-corrected chi connectivity index (χ0v) is 13.9. The van der Waals surface area contributed by atoms with Gasteiger partial charge >= 0.3 is 5.97 Å². The Morgan fingerprint density at radius 3 is 2.23 bits per heavy atom. The van der Waals surface area contributed by atoms with Crippen LogP contribution in [0.4, 0.5) is 0 Å². The quantitative estimate of drug-likeness (QED) is 0.776. The number of pyridine rings is 1. The molecule has 116 valence electrons. The van der Waals surface area contributed by atoms with Gasteiger partial charge in [0.1, 0.15) is 5.69 Å². The minimum atomic E-state index is -0.386. The van der Waals surface area contributed by atoms with Crippen molar-refractivity contribution in [3.05, 3.63) is 53.7 Å². The summed E-state index contributed by atoms with van der Waals surface area (Å²) in [7, 11) is 0. The number of rotatable bonds is 3. The lowest BCUT2D eigenvalue weighted by atomic mass is 9.86. The van der Waals surface area contributed by atoms with Crippen molar-refractivity contribution >= 4 is 5.97 Å². The van der Waals surface area contributed by atoms with Crippen LogP contribution in [0.2, 0.25) is 0 Å². The van der Waals surface area contributed by atoms with E-state index in [4.69, 9.17) is 4.74 Å². The highest BCUT2D eigenvalue weighted by Crippen LogP contribution is 2.25. The third-order valence-corrected chi connectivity index (χ3v) is 3.35. The summed E-state index contributed by atoms with van der Waals surface area (Å²) in [6.07, 6.45) is -0.149. The highest BCUT2D eigenvalue weighted by Gasteiger charge is 2.14. The Hall–Kier alpha value is -2.16. The summed E-state index contributed by atoms with van der Waals surface area (Å²) in [6.45, 7) is 10.2. The van der Waals surface area contributed by atoms with Crippen LogP contribution in [0.3, 0.4) is 0 Å². The molecule has 0 atom stereocenters. The first-order chi connectivity index (χ1) is 10.3. The van der Waals surface area contributed by atoms with Crippen LogP contribution in [0.15, 0.2) is 42.5 Å². The van der Waals surface area contributed by atoms with Crippen LogP contribution in [-0.4, -0.2) is 17.1 Å². The fourth-order valence-corrected chi connectivity index (χ4v) is 2.12. The van der Waals surface area contributed by atoms with E-state index in [2.05, 4.69) is 37.9 Å². The van der Waals surface area contributed by atoms with Gasteiger partial charge in [-0.2, -0.15) is 0 Å². The number of aromatic nitrogens is 1. The Bertz CT molecular complexity index is 652. The van der Waals surface area contributed by atoms with E-state index in [0.29, 0.717) is 5.69 Å². The first-order valence-electron chi connectivity index (χ1n) is 7.56. The summed E-state index contributed by atoms with van der Waals surface area (Å²) in [5.41, 5.74) is 3.50. The van der Waals surface area contributed by atoms with E-state index >= 15 is 0 Å². The van der Waals surface area contributed by atoms with Crippen LogP contribution >= 0.6 is 0 Å². The molecule has 3 heteroatoms. The van der Waals surface area contributed by atoms with Gasteiger partial charge in [-0.25, -0.2) is 9.78 Å². The molecule has 3 nitrogen and oxygen atoms in total. The van der Waals surface area contributed by atoms with Gasteiger partial charge in [0, 0.05) is 5.56 Å². The molecule has 0 unspecified atom stereocenters. The molecule has 0 aliphatic rings. The molecule has 22 heavy (non-hydrogen) atoms. The molecular formula is C19H23NO2. The van der Waals surface area contributed by atoms with E-state index in [-0.39, 0.29) is 17.5 Å². The van der Waals surface area contributed by atoms with Crippen molar-refractivity contribution in [1.29, 1.82) is 0 Å². The predicted molar refractivity (Wildman–Crippen MR) is 88.9 cm³/mol. The topological polar surface area (TPSA) is 39.2 Å². The number of ether oxygens (including phenoxy) is 1. The Balaban J connectivity index is 2.28. The average Bonchev–Trinajstić information content (AvgIpc) is 2.46.